The second-order valence-electron chi connectivity index (χ2n) is 4.88. The average Bonchev–Trinajstić information content (AvgIpc) is 2.84. The summed E-state index contributed by atoms with van der Waals surface area (Å²) in [4.78, 5) is 0. The summed E-state index contributed by atoms with van der Waals surface area (Å²) in [5.74, 6) is 0. The Labute approximate surface area is 107 Å². The first-order chi connectivity index (χ1) is 8.93. The van der Waals surface area contributed by atoms with Crippen LogP contribution >= 0.6 is 0 Å². The van der Waals surface area contributed by atoms with Gasteiger partial charge in [0.1, 0.15) is 5.58 Å². The molecule has 3 rings (SSSR count). The van der Waals surface area contributed by atoms with Crippen LogP contribution < -0.4 is 5.32 Å². The molecule has 1 aliphatic rings. The summed E-state index contributed by atoms with van der Waals surface area (Å²) in [7, 11) is 0. The van der Waals surface area contributed by atoms with Crippen LogP contribution in [0.3, 0.4) is 0 Å². The Bertz CT molecular complexity index is 500. The highest BCUT2D eigenvalue weighted by atomic mass is 16.5. The van der Waals surface area contributed by atoms with Gasteiger partial charge in [-0.1, -0.05) is 18.2 Å². The third kappa shape index (κ3) is 2.57. The Morgan fingerprint density at radius 2 is 2.17 bits per heavy atom. The van der Waals surface area contributed by atoms with E-state index in [0.717, 1.165) is 25.3 Å². The lowest BCUT2D eigenvalue weighted by Gasteiger charge is -2.22. The molecule has 18 heavy (non-hydrogen) atoms. The van der Waals surface area contributed by atoms with Gasteiger partial charge in [-0.2, -0.15) is 0 Å². The summed E-state index contributed by atoms with van der Waals surface area (Å²) in [6.45, 7) is 2.69. The maximum absolute atomic E-state index is 5.70. The quantitative estimate of drug-likeness (QED) is 0.898. The Balaban J connectivity index is 1.56. The number of furan rings is 1. The SMILES string of the molecule is c1ccc2c(CNCC3CCCCO3)coc2c1. The number of benzene rings is 1. The van der Waals surface area contributed by atoms with Crippen LogP contribution in [0.5, 0.6) is 0 Å². The van der Waals surface area contributed by atoms with Crippen molar-refractivity contribution in [3.8, 4) is 0 Å². The number of nitrogens with one attached hydrogen (secondary N) is 1. The largest absolute Gasteiger partial charge is 0.464 e. The molecule has 3 nitrogen and oxygen atoms in total. The normalized spacial score (nSPS) is 20.3. The van der Waals surface area contributed by atoms with Crippen molar-refractivity contribution in [3.05, 3.63) is 36.1 Å². The number of hydrogen-bond donors (Lipinski definition) is 1. The van der Waals surface area contributed by atoms with Gasteiger partial charge in [0.05, 0.1) is 12.4 Å². The molecule has 1 aliphatic heterocycles. The van der Waals surface area contributed by atoms with Crippen molar-refractivity contribution in [2.75, 3.05) is 13.2 Å². The van der Waals surface area contributed by atoms with Gasteiger partial charge in [-0.05, 0) is 25.3 Å². The fourth-order valence-electron chi connectivity index (χ4n) is 2.51. The van der Waals surface area contributed by atoms with E-state index in [1.807, 2.05) is 24.5 Å². The number of rotatable bonds is 4. The highest BCUT2D eigenvalue weighted by Gasteiger charge is 2.13. The van der Waals surface area contributed by atoms with E-state index < -0.39 is 0 Å². The van der Waals surface area contributed by atoms with Crippen molar-refractivity contribution >= 4 is 11.0 Å². The number of para-hydroxylation sites is 1. The summed E-state index contributed by atoms with van der Waals surface area (Å²) in [6.07, 6.45) is 5.92. The van der Waals surface area contributed by atoms with Crippen LogP contribution in [-0.4, -0.2) is 19.3 Å². The molecule has 0 aliphatic carbocycles. The van der Waals surface area contributed by atoms with Gasteiger partial charge in [0.15, 0.2) is 0 Å². The second-order valence-corrected chi connectivity index (χ2v) is 4.88. The molecule has 0 spiro atoms. The standard InChI is InChI=1S/C15H19NO2/c1-2-7-15-14(6-1)12(11-18-15)9-16-10-13-5-3-4-8-17-13/h1-2,6-7,11,13,16H,3-5,8-10H2. The number of fused-ring (bicyclic) bond motifs is 1. The minimum absolute atomic E-state index is 0.386. The van der Waals surface area contributed by atoms with Gasteiger partial charge >= 0.3 is 0 Å². The van der Waals surface area contributed by atoms with Gasteiger partial charge in [0.25, 0.3) is 0 Å². The second kappa shape index (κ2) is 5.55. The van der Waals surface area contributed by atoms with Crippen LogP contribution in [0.25, 0.3) is 11.0 Å². The van der Waals surface area contributed by atoms with Gasteiger partial charge in [-0.15, -0.1) is 0 Å². The Morgan fingerprint density at radius 1 is 1.22 bits per heavy atom. The van der Waals surface area contributed by atoms with E-state index in [2.05, 4.69) is 11.4 Å². The van der Waals surface area contributed by atoms with Gasteiger partial charge in [-0.25, -0.2) is 0 Å². The molecule has 0 amide bonds. The maximum Gasteiger partial charge on any atom is 0.134 e. The van der Waals surface area contributed by atoms with Crippen LogP contribution in [0.15, 0.2) is 34.9 Å². The fraction of sp³-hybridized carbons (Fsp3) is 0.467. The first kappa shape index (κ1) is 11.8. The minimum Gasteiger partial charge on any atom is -0.464 e. The molecule has 0 saturated carbocycles. The van der Waals surface area contributed by atoms with Crippen LogP contribution in [0, 0.1) is 0 Å². The van der Waals surface area contributed by atoms with Crippen LogP contribution in [-0.2, 0) is 11.3 Å². The van der Waals surface area contributed by atoms with Gasteiger partial charge in [-0.3, -0.25) is 0 Å². The molecule has 1 saturated heterocycles. The molecule has 2 aromatic rings. The first-order valence-electron chi connectivity index (χ1n) is 6.71. The molecule has 1 fully saturated rings. The smallest absolute Gasteiger partial charge is 0.134 e. The zero-order valence-electron chi connectivity index (χ0n) is 10.5. The van der Waals surface area contributed by atoms with Crippen molar-refractivity contribution < 1.29 is 9.15 Å². The molecular formula is C15H19NO2. The highest BCUT2D eigenvalue weighted by Crippen LogP contribution is 2.20. The third-order valence-corrected chi connectivity index (χ3v) is 3.52. The molecule has 1 aromatic heterocycles. The van der Waals surface area contributed by atoms with E-state index in [0.29, 0.717) is 6.10 Å². The summed E-state index contributed by atoms with van der Waals surface area (Å²) in [5, 5.41) is 4.67. The third-order valence-electron chi connectivity index (χ3n) is 3.52. The maximum atomic E-state index is 5.70. The highest BCUT2D eigenvalue weighted by molar-refractivity contribution is 5.80. The van der Waals surface area contributed by atoms with Crippen LogP contribution in [0.1, 0.15) is 24.8 Å². The molecule has 1 atom stereocenters. The van der Waals surface area contributed by atoms with Crippen molar-refractivity contribution in [2.45, 2.75) is 31.9 Å². The monoisotopic (exact) mass is 245 g/mol. The molecule has 96 valence electrons. The average molecular weight is 245 g/mol. The lowest BCUT2D eigenvalue weighted by atomic mass is 10.1. The molecule has 1 N–H and O–H groups in total. The summed E-state index contributed by atoms with van der Waals surface area (Å²) >= 11 is 0. The number of hydrogen-bond acceptors (Lipinski definition) is 3. The predicted molar refractivity (Wildman–Crippen MR) is 71.5 cm³/mol. The lowest BCUT2D eigenvalue weighted by molar-refractivity contribution is 0.0168. The lowest BCUT2D eigenvalue weighted by Crippen LogP contribution is -2.31. The van der Waals surface area contributed by atoms with Gasteiger partial charge in [0.2, 0.25) is 0 Å². The topological polar surface area (TPSA) is 34.4 Å². The van der Waals surface area contributed by atoms with E-state index in [1.54, 1.807) is 0 Å². The molecular weight excluding hydrogens is 226 g/mol. The first-order valence-corrected chi connectivity index (χ1v) is 6.71. The van der Waals surface area contributed by atoms with Gasteiger partial charge in [0, 0.05) is 30.6 Å². The zero-order chi connectivity index (χ0) is 12.2. The Hall–Kier alpha value is -1.32. The van der Waals surface area contributed by atoms with E-state index in [9.17, 15) is 0 Å². The molecule has 0 bridgehead atoms. The van der Waals surface area contributed by atoms with Gasteiger partial charge < -0.3 is 14.5 Å². The number of ether oxygens (including phenoxy) is 1. The minimum atomic E-state index is 0.386. The Morgan fingerprint density at radius 3 is 3.06 bits per heavy atom. The molecule has 2 heterocycles. The molecule has 3 heteroatoms. The Kier molecular flexibility index (Phi) is 3.62. The fourth-order valence-corrected chi connectivity index (χ4v) is 2.51. The summed E-state index contributed by atoms with van der Waals surface area (Å²) < 4.78 is 11.2. The van der Waals surface area contributed by atoms with Crippen LogP contribution in [0.2, 0.25) is 0 Å². The van der Waals surface area contributed by atoms with Crippen molar-refractivity contribution in [1.29, 1.82) is 0 Å². The predicted octanol–water partition coefficient (Wildman–Crippen LogP) is 3.09. The van der Waals surface area contributed by atoms with E-state index >= 15 is 0 Å². The molecule has 1 aromatic carbocycles. The molecule has 1 unspecified atom stereocenters. The summed E-state index contributed by atoms with van der Waals surface area (Å²) in [6, 6.07) is 8.15. The van der Waals surface area contributed by atoms with E-state index in [1.165, 1.54) is 30.2 Å². The van der Waals surface area contributed by atoms with Crippen molar-refractivity contribution in [2.24, 2.45) is 0 Å². The van der Waals surface area contributed by atoms with E-state index in [4.69, 9.17) is 9.15 Å². The van der Waals surface area contributed by atoms with E-state index in [-0.39, 0.29) is 0 Å². The van der Waals surface area contributed by atoms with Crippen molar-refractivity contribution in [1.82, 2.24) is 5.32 Å². The summed E-state index contributed by atoms with van der Waals surface area (Å²) in [5.41, 5.74) is 2.18. The zero-order valence-corrected chi connectivity index (χ0v) is 10.5. The van der Waals surface area contributed by atoms with Crippen molar-refractivity contribution in [3.63, 3.8) is 0 Å². The van der Waals surface area contributed by atoms with Crippen LogP contribution in [0.4, 0.5) is 0 Å². The molecule has 0 radical (unpaired) electrons.